The molecule has 0 saturated carbocycles. The predicted octanol–water partition coefficient (Wildman–Crippen LogP) is 1.30. The van der Waals surface area contributed by atoms with Crippen molar-refractivity contribution >= 4 is 0 Å². The van der Waals surface area contributed by atoms with Crippen LogP contribution in [0, 0.1) is 5.41 Å². The molecular weight excluding hydrogens is 202 g/mol. The molecule has 1 saturated heterocycles. The van der Waals surface area contributed by atoms with Crippen LogP contribution in [0.4, 0.5) is 0 Å². The molecule has 0 aromatic heterocycles. The molecule has 0 radical (unpaired) electrons. The summed E-state index contributed by atoms with van der Waals surface area (Å²) in [6.07, 6.45) is 1.29. The molecule has 1 aliphatic rings. The third kappa shape index (κ3) is 7.17. The molecular formula is C12H25N3O. The zero-order valence-corrected chi connectivity index (χ0v) is 10.7. The fourth-order valence-corrected chi connectivity index (χ4v) is 0.943. The Hall–Kier alpha value is -1.16. The SMILES string of the molecule is C=C(N)C(C)(C)C.C=C(N)OC1CCNC1. The Morgan fingerprint density at radius 1 is 1.31 bits per heavy atom. The highest BCUT2D eigenvalue weighted by Gasteiger charge is 2.14. The van der Waals surface area contributed by atoms with E-state index in [1.807, 2.05) is 20.8 Å². The van der Waals surface area contributed by atoms with Crippen LogP contribution in [0.25, 0.3) is 0 Å². The fourth-order valence-electron chi connectivity index (χ4n) is 0.943. The molecule has 0 spiro atoms. The van der Waals surface area contributed by atoms with Gasteiger partial charge in [0.15, 0.2) is 5.88 Å². The van der Waals surface area contributed by atoms with E-state index in [-0.39, 0.29) is 11.5 Å². The molecule has 1 unspecified atom stereocenters. The summed E-state index contributed by atoms with van der Waals surface area (Å²) in [5, 5.41) is 3.16. The minimum atomic E-state index is 0.0833. The Bertz CT molecular complexity index is 237. The summed E-state index contributed by atoms with van der Waals surface area (Å²) in [6, 6.07) is 0. The molecule has 0 aromatic carbocycles. The molecule has 16 heavy (non-hydrogen) atoms. The van der Waals surface area contributed by atoms with Crippen molar-refractivity contribution in [3.05, 3.63) is 24.7 Å². The molecule has 4 nitrogen and oxygen atoms in total. The molecule has 1 rings (SSSR count). The van der Waals surface area contributed by atoms with Crippen LogP contribution in [0.2, 0.25) is 0 Å². The standard InChI is InChI=1S/C6H12N2O.C6H13N/c1-5(7)9-6-2-3-8-4-6;1-5(7)6(2,3)4/h6,8H,1-4,7H2;1,7H2,2-4H3. The van der Waals surface area contributed by atoms with Crippen molar-refractivity contribution in [3.8, 4) is 0 Å². The average molecular weight is 227 g/mol. The number of allylic oxidation sites excluding steroid dienone is 1. The van der Waals surface area contributed by atoms with Crippen molar-refractivity contribution in [2.24, 2.45) is 16.9 Å². The normalized spacial score (nSPS) is 19.6. The van der Waals surface area contributed by atoms with Crippen LogP contribution in [-0.2, 0) is 4.74 Å². The lowest BCUT2D eigenvalue weighted by molar-refractivity contribution is 0.132. The molecule has 1 aliphatic heterocycles. The van der Waals surface area contributed by atoms with Gasteiger partial charge in [0.1, 0.15) is 6.10 Å². The quantitative estimate of drug-likeness (QED) is 0.622. The first-order valence-electron chi connectivity index (χ1n) is 5.50. The number of ether oxygens (including phenoxy) is 1. The summed E-state index contributed by atoms with van der Waals surface area (Å²) in [4.78, 5) is 0. The summed E-state index contributed by atoms with van der Waals surface area (Å²) >= 11 is 0. The molecule has 0 amide bonds. The Labute approximate surface area is 98.7 Å². The van der Waals surface area contributed by atoms with Crippen molar-refractivity contribution in [1.82, 2.24) is 5.32 Å². The first kappa shape index (κ1) is 14.8. The summed E-state index contributed by atoms with van der Waals surface area (Å²) in [7, 11) is 0. The maximum absolute atomic E-state index is 5.38. The second-order valence-electron chi connectivity index (χ2n) is 4.97. The Morgan fingerprint density at radius 3 is 2.06 bits per heavy atom. The van der Waals surface area contributed by atoms with E-state index in [0.717, 1.165) is 25.2 Å². The molecule has 1 fully saturated rings. The Kier molecular flexibility index (Phi) is 5.96. The topological polar surface area (TPSA) is 73.3 Å². The molecule has 1 atom stereocenters. The van der Waals surface area contributed by atoms with Gasteiger partial charge in [-0.3, -0.25) is 0 Å². The average Bonchev–Trinajstić information content (AvgIpc) is 2.54. The number of hydrogen-bond acceptors (Lipinski definition) is 4. The molecule has 94 valence electrons. The minimum absolute atomic E-state index is 0.0833. The van der Waals surface area contributed by atoms with E-state index in [4.69, 9.17) is 16.2 Å². The second-order valence-corrected chi connectivity index (χ2v) is 4.97. The number of hydrogen-bond donors (Lipinski definition) is 3. The number of nitrogens with two attached hydrogens (primary N) is 2. The zero-order valence-electron chi connectivity index (χ0n) is 10.7. The first-order chi connectivity index (χ1) is 7.23. The maximum Gasteiger partial charge on any atom is 0.176 e. The second kappa shape index (κ2) is 6.43. The third-order valence-electron chi connectivity index (χ3n) is 2.30. The van der Waals surface area contributed by atoms with Crippen LogP contribution in [0.5, 0.6) is 0 Å². The van der Waals surface area contributed by atoms with Gasteiger partial charge in [-0.25, -0.2) is 0 Å². The highest BCUT2D eigenvalue weighted by Crippen LogP contribution is 2.17. The van der Waals surface area contributed by atoms with Gasteiger partial charge in [0.05, 0.1) is 0 Å². The van der Waals surface area contributed by atoms with Gasteiger partial charge >= 0.3 is 0 Å². The lowest BCUT2D eigenvalue weighted by atomic mass is 9.94. The highest BCUT2D eigenvalue weighted by molar-refractivity contribution is 4.98. The van der Waals surface area contributed by atoms with Crippen LogP contribution >= 0.6 is 0 Å². The lowest BCUT2D eigenvalue weighted by Gasteiger charge is -2.16. The van der Waals surface area contributed by atoms with E-state index < -0.39 is 0 Å². The van der Waals surface area contributed by atoms with Crippen LogP contribution in [0.3, 0.4) is 0 Å². The van der Waals surface area contributed by atoms with Crippen LogP contribution < -0.4 is 16.8 Å². The molecule has 1 heterocycles. The van der Waals surface area contributed by atoms with Gasteiger partial charge in [0.25, 0.3) is 0 Å². The van der Waals surface area contributed by atoms with E-state index in [1.165, 1.54) is 0 Å². The smallest absolute Gasteiger partial charge is 0.176 e. The molecule has 5 N–H and O–H groups in total. The van der Waals surface area contributed by atoms with Crippen molar-refractivity contribution in [2.45, 2.75) is 33.3 Å². The Balaban J connectivity index is 0.000000293. The monoisotopic (exact) mass is 227 g/mol. The summed E-state index contributed by atoms with van der Waals surface area (Å²) in [6.45, 7) is 15.1. The lowest BCUT2D eigenvalue weighted by Crippen LogP contribution is -2.18. The maximum atomic E-state index is 5.38. The molecule has 0 aromatic rings. The van der Waals surface area contributed by atoms with Crippen LogP contribution in [0.1, 0.15) is 27.2 Å². The van der Waals surface area contributed by atoms with Crippen LogP contribution in [-0.4, -0.2) is 19.2 Å². The fraction of sp³-hybridized carbons (Fsp3) is 0.667. The van der Waals surface area contributed by atoms with E-state index in [2.05, 4.69) is 18.5 Å². The van der Waals surface area contributed by atoms with Gasteiger partial charge in [-0.15, -0.1) is 0 Å². The largest absolute Gasteiger partial charge is 0.475 e. The van der Waals surface area contributed by atoms with E-state index in [1.54, 1.807) is 0 Å². The minimum Gasteiger partial charge on any atom is -0.475 e. The van der Waals surface area contributed by atoms with E-state index in [0.29, 0.717) is 5.88 Å². The van der Waals surface area contributed by atoms with Crippen LogP contribution in [0.15, 0.2) is 24.7 Å². The number of rotatable bonds is 2. The Morgan fingerprint density at radius 2 is 1.81 bits per heavy atom. The first-order valence-corrected chi connectivity index (χ1v) is 5.50. The van der Waals surface area contributed by atoms with E-state index >= 15 is 0 Å². The predicted molar refractivity (Wildman–Crippen MR) is 68.5 cm³/mol. The van der Waals surface area contributed by atoms with Crippen molar-refractivity contribution in [1.29, 1.82) is 0 Å². The van der Waals surface area contributed by atoms with E-state index in [9.17, 15) is 0 Å². The van der Waals surface area contributed by atoms with Gasteiger partial charge in [0, 0.05) is 17.7 Å². The summed E-state index contributed by atoms with van der Waals surface area (Å²) in [5.41, 5.74) is 11.4. The van der Waals surface area contributed by atoms with Gasteiger partial charge < -0.3 is 21.5 Å². The molecule has 4 heteroatoms. The zero-order chi connectivity index (χ0) is 12.8. The third-order valence-corrected chi connectivity index (χ3v) is 2.30. The van der Waals surface area contributed by atoms with Gasteiger partial charge in [0.2, 0.25) is 0 Å². The summed E-state index contributed by atoms with van der Waals surface area (Å²) in [5.74, 6) is 0.323. The number of nitrogens with one attached hydrogen (secondary N) is 1. The van der Waals surface area contributed by atoms with Crippen molar-refractivity contribution in [2.75, 3.05) is 13.1 Å². The molecule has 0 aliphatic carbocycles. The summed E-state index contributed by atoms with van der Waals surface area (Å²) < 4.78 is 5.13. The van der Waals surface area contributed by atoms with Gasteiger partial charge in [-0.05, 0) is 19.5 Å². The highest BCUT2D eigenvalue weighted by atomic mass is 16.5. The van der Waals surface area contributed by atoms with Gasteiger partial charge in [-0.2, -0.15) is 0 Å². The molecule has 0 bridgehead atoms. The van der Waals surface area contributed by atoms with Crippen molar-refractivity contribution in [3.63, 3.8) is 0 Å². The van der Waals surface area contributed by atoms with Gasteiger partial charge in [-0.1, -0.05) is 27.4 Å². The van der Waals surface area contributed by atoms with Crippen molar-refractivity contribution < 1.29 is 4.74 Å².